The maximum absolute atomic E-state index is 5.39. The Morgan fingerprint density at radius 1 is 1.47 bits per heavy atom. The molecule has 1 heterocycles. The minimum Gasteiger partial charge on any atom is -0.381 e. The lowest BCUT2D eigenvalue weighted by Crippen LogP contribution is -2.30. The molecule has 1 aliphatic heterocycles. The first-order valence-electron chi connectivity index (χ1n) is 6.67. The third-order valence-electron chi connectivity index (χ3n) is 3.50. The van der Waals surface area contributed by atoms with Crippen LogP contribution in [0.1, 0.15) is 39.5 Å². The zero-order chi connectivity index (χ0) is 12.3. The van der Waals surface area contributed by atoms with Gasteiger partial charge in [-0.15, -0.1) is 0 Å². The second-order valence-corrected chi connectivity index (χ2v) is 6.55. The molecule has 3 atom stereocenters. The molecule has 1 saturated carbocycles. The van der Waals surface area contributed by atoms with Crippen molar-refractivity contribution < 1.29 is 4.74 Å². The Morgan fingerprint density at radius 2 is 2.29 bits per heavy atom. The standard InChI is InChI=1S/C13H24N2OS/c1-9(2)6-11-8-17-13(15-11)14-10-4-5-12(7-10)16-3/h9-12H,4-8H2,1-3H3,(H,14,15). The van der Waals surface area contributed by atoms with Gasteiger partial charge in [-0.05, 0) is 31.6 Å². The normalized spacial score (nSPS) is 33.2. The lowest BCUT2D eigenvalue weighted by Gasteiger charge is -2.13. The predicted octanol–water partition coefficient (Wildman–Crippen LogP) is 2.66. The highest BCUT2D eigenvalue weighted by molar-refractivity contribution is 8.14. The van der Waals surface area contributed by atoms with E-state index in [-0.39, 0.29) is 0 Å². The number of nitrogens with one attached hydrogen (secondary N) is 1. The molecule has 1 aliphatic carbocycles. The van der Waals surface area contributed by atoms with E-state index in [4.69, 9.17) is 9.73 Å². The van der Waals surface area contributed by atoms with Gasteiger partial charge in [0, 0.05) is 18.9 Å². The maximum Gasteiger partial charge on any atom is 0.157 e. The molecule has 2 aliphatic rings. The van der Waals surface area contributed by atoms with Crippen LogP contribution in [-0.2, 0) is 4.74 Å². The largest absolute Gasteiger partial charge is 0.381 e. The van der Waals surface area contributed by atoms with E-state index in [0.29, 0.717) is 18.2 Å². The fourth-order valence-electron chi connectivity index (χ4n) is 2.62. The Balaban J connectivity index is 1.76. The Bertz CT molecular complexity index is 281. The number of amidine groups is 1. The summed E-state index contributed by atoms with van der Waals surface area (Å²) in [6, 6.07) is 1.10. The molecule has 98 valence electrons. The summed E-state index contributed by atoms with van der Waals surface area (Å²) >= 11 is 1.89. The van der Waals surface area contributed by atoms with Crippen molar-refractivity contribution in [3.05, 3.63) is 0 Å². The van der Waals surface area contributed by atoms with E-state index in [0.717, 1.165) is 23.3 Å². The molecule has 2 rings (SSSR count). The van der Waals surface area contributed by atoms with Crippen molar-refractivity contribution in [2.45, 2.75) is 57.7 Å². The van der Waals surface area contributed by atoms with Gasteiger partial charge in [-0.1, -0.05) is 25.6 Å². The number of ether oxygens (including phenoxy) is 1. The van der Waals surface area contributed by atoms with Gasteiger partial charge in [0.25, 0.3) is 0 Å². The fourth-order valence-corrected chi connectivity index (χ4v) is 3.65. The summed E-state index contributed by atoms with van der Waals surface area (Å²) in [7, 11) is 1.81. The fraction of sp³-hybridized carbons (Fsp3) is 0.923. The van der Waals surface area contributed by atoms with Crippen LogP contribution < -0.4 is 5.32 Å². The lowest BCUT2D eigenvalue weighted by molar-refractivity contribution is 0.107. The van der Waals surface area contributed by atoms with Crippen molar-refractivity contribution in [3.8, 4) is 0 Å². The summed E-state index contributed by atoms with van der Waals surface area (Å²) in [6.45, 7) is 4.54. The molecule has 1 N–H and O–H groups in total. The number of thioether (sulfide) groups is 1. The van der Waals surface area contributed by atoms with Crippen molar-refractivity contribution in [1.82, 2.24) is 5.32 Å². The molecule has 1 fully saturated rings. The van der Waals surface area contributed by atoms with Crippen LogP contribution in [0.5, 0.6) is 0 Å². The minimum atomic E-state index is 0.450. The quantitative estimate of drug-likeness (QED) is 0.839. The molecular weight excluding hydrogens is 232 g/mol. The second-order valence-electron chi connectivity index (χ2n) is 5.54. The number of nitrogens with zero attached hydrogens (tertiary/aromatic N) is 1. The van der Waals surface area contributed by atoms with E-state index in [1.165, 1.54) is 19.3 Å². The van der Waals surface area contributed by atoms with E-state index >= 15 is 0 Å². The van der Waals surface area contributed by atoms with Crippen molar-refractivity contribution in [2.24, 2.45) is 10.9 Å². The topological polar surface area (TPSA) is 33.6 Å². The summed E-state index contributed by atoms with van der Waals surface area (Å²) in [5, 5.41) is 4.74. The average molecular weight is 256 g/mol. The van der Waals surface area contributed by atoms with Gasteiger partial charge < -0.3 is 10.1 Å². The number of hydrogen-bond acceptors (Lipinski definition) is 4. The molecule has 3 unspecified atom stereocenters. The third-order valence-corrected chi connectivity index (χ3v) is 4.55. The highest BCUT2D eigenvalue weighted by atomic mass is 32.2. The van der Waals surface area contributed by atoms with E-state index in [1.807, 2.05) is 18.9 Å². The predicted molar refractivity (Wildman–Crippen MR) is 74.7 cm³/mol. The number of aliphatic imine (C=N–C) groups is 1. The number of methoxy groups -OCH3 is 1. The van der Waals surface area contributed by atoms with Crippen molar-refractivity contribution >= 4 is 16.9 Å². The van der Waals surface area contributed by atoms with Gasteiger partial charge in [-0.2, -0.15) is 0 Å². The molecule has 0 aromatic heterocycles. The van der Waals surface area contributed by atoms with Crippen LogP contribution in [-0.4, -0.2) is 36.2 Å². The van der Waals surface area contributed by atoms with Crippen LogP contribution in [0.4, 0.5) is 0 Å². The van der Waals surface area contributed by atoms with Crippen LogP contribution in [0.15, 0.2) is 4.99 Å². The summed E-state index contributed by atoms with van der Waals surface area (Å²) in [5.41, 5.74) is 0. The van der Waals surface area contributed by atoms with Crippen molar-refractivity contribution in [1.29, 1.82) is 0 Å². The SMILES string of the molecule is COC1CCC(NC2=NC(CC(C)C)CS2)C1. The molecule has 0 bridgehead atoms. The van der Waals surface area contributed by atoms with Gasteiger partial charge in [0.15, 0.2) is 5.17 Å². The zero-order valence-corrected chi connectivity index (χ0v) is 11.9. The summed E-state index contributed by atoms with van der Waals surface area (Å²) in [6.07, 6.45) is 5.19. The molecule has 0 saturated heterocycles. The second kappa shape index (κ2) is 6.10. The van der Waals surface area contributed by atoms with Crippen LogP contribution in [0.2, 0.25) is 0 Å². The highest BCUT2D eigenvalue weighted by Gasteiger charge is 2.27. The third kappa shape index (κ3) is 3.88. The summed E-state index contributed by atoms with van der Waals surface area (Å²) < 4.78 is 5.39. The Hall–Kier alpha value is -0.220. The van der Waals surface area contributed by atoms with Crippen LogP contribution >= 0.6 is 11.8 Å². The highest BCUT2D eigenvalue weighted by Crippen LogP contribution is 2.25. The van der Waals surface area contributed by atoms with Gasteiger partial charge >= 0.3 is 0 Å². The molecule has 4 heteroatoms. The molecule has 0 spiro atoms. The summed E-state index contributed by atoms with van der Waals surface area (Å²) in [4.78, 5) is 4.77. The molecule has 0 radical (unpaired) electrons. The van der Waals surface area contributed by atoms with E-state index < -0.39 is 0 Å². The van der Waals surface area contributed by atoms with Gasteiger partial charge in [-0.3, -0.25) is 4.99 Å². The lowest BCUT2D eigenvalue weighted by atomic mass is 10.1. The van der Waals surface area contributed by atoms with E-state index in [2.05, 4.69) is 19.2 Å². The number of hydrogen-bond donors (Lipinski definition) is 1. The van der Waals surface area contributed by atoms with E-state index in [1.54, 1.807) is 0 Å². The first-order valence-corrected chi connectivity index (χ1v) is 7.66. The number of rotatable bonds is 4. The monoisotopic (exact) mass is 256 g/mol. The molecule has 3 nitrogen and oxygen atoms in total. The van der Waals surface area contributed by atoms with Crippen LogP contribution in [0.25, 0.3) is 0 Å². The Labute approximate surface area is 109 Å². The maximum atomic E-state index is 5.39. The van der Waals surface area contributed by atoms with Crippen LogP contribution in [0, 0.1) is 5.92 Å². The molecule has 0 aromatic carbocycles. The molecule has 17 heavy (non-hydrogen) atoms. The minimum absolute atomic E-state index is 0.450. The van der Waals surface area contributed by atoms with Gasteiger partial charge in [0.2, 0.25) is 0 Å². The Kier molecular flexibility index (Phi) is 4.74. The van der Waals surface area contributed by atoms with Crippen LogP contribution in [0.3, 0.4) is 0 Å². The molecule has 0 aromatic rings. The van der Waals surface area contributed by atoms with Gasteiger partial charge in [0.1, 0.15) is 0 Å². The zero-order valence-electron chi connectivity index (χ0n) is 11.1. The first kappa shape index (κ1) is 13.2. The summed E-state index contributed by atoms with van der Waals surface area (Å²) in [5.74, 6) is 1.90. The van der Waals surface area contributed by atoms with Crippen molar-refractivity contribution in [2.75, 3.05) is 12.9 Å². The molecule has 0 amide bonds. The smallest absolute Gasteiger partial charge is 0.157 e. The Morgan fingerprint density at radius 3 is 2.94 bits per heavy atom. The van der Waals surface area contributed by atoms with Crippen molar-refractivity contribution in [3.63, 3.8) is 0 Å². The molecular formula is C13H24N2OS. The average Bonchev–Trinajstić information content (AvgIpc) is 2.88. The van der Waals surface area contributed by atoms with E-state index in [9.17, 15) is 0 Å². The first-order chi connectivity index (χ1) is 8.17. The van der Waals surface area contributed by atoms with Gasteiger partial charge in [0.05, 0.1) is 12.1 Å². The van der Waals surface area contributed by atoms with Gasteiger partial charge in [-0.25, -0.2) is 0 Å².